The van der Waals surface area contributed by atoms with E-state index in [-0.39, 0.29) is 0 Å². The zero-order valence-electron chi connectivity index (χ0n) is 11.3. The largest absolute Gasteiger partial charge is 0.466 e. The molecule has 1 atom stereocenters. The van der Waals surface area contributed by atoms with Crippen LogP contribution in [0.3, 0.4) is 0 Å². The van der Waals surface area contributed by atoms with Crippen molar-refractivity contribution in [3.63, 3.8) is 0 Å². The molecule has 0 aliphatic carbocycles. The van der Waals surface area contributed by atoms with Crippen LogP contribution in [0.25, 0.3) is 0 Å². The first-order chi connectivity index (χ1) is 10.1. The van der Waals surface area contributed by atoms with Crippen LogP contribution < -0.4 is 0 Å². The van der Waals surface area contributed by atoms with E-state index in [4.69, 9.17) is 9.47 Å². The van der Waals surface area contributed by atoms with Crippen LogP contribution in [-0.4, -0.2) is 19.0 Å². The molecule has 1 unspecified atom stereocenters. The SMILES string of the molecule is COC(=O)C(OC(=O)c1ccc(Br)cc1)c1ccccc1. The molecule has 0 N–H and O–H groups in total. The quantitative estimate of drug-likeness (QED) is 0.793. The summed E-state index contributed by atoms with van der Waals surface area (Å²) >= 11 is 3.29. The molecule has 0 aliphatic heterocycles. The summed E-state index contributed by atoms with van der Waals surface area (Å²) in [5.41, 5.74) is 0.929. The maximum absolute atomic E-state index is 12.1. The molecular weight excluding hydrogens is 336 g/mol. The van der Waals surface area contributed by atoms with Gasteiger partial charge in [-0.2, -0.15) is 0 Å². The first-order valence-electron chi connectivity index (χ1n) is 6.21. The minimum atomic E-state index is -1.08. The second kappa shape index (κ2) is 7.04. The molecule has 0 spiro atoms. The van der Waals surface area contributed by atoms with Gasteiger partial charge in [-0.25, -0.2) is 9.59 Å². The van der Waals surface area contributed by atoms with Gasteiger partial charge < -0.3 is 9.47 Å². The van der Waals surface area contributed by atoms with Crippen molar-refractivity contribution in [1.82, 2.24) is 0 Å². The molecule has 0 bridgehead atoms. The van der Waals surface area contributed by atoms with Crippen LogP contribution in [-0.2, 0) is 14.3 Å². The lowest BCUT2D eigenvalue weighted by atomic mass is 10.1. The van der Waals surface area contributed by atoms with E-state index < -0.39 is 18.0 Å². The summed E-state index contributed by atoms with van der Waals surface area (Å²) in [7, 11) is 1.26. The summed E-state index contributed by atoms with van der Waals surface area (Å²) in [5, 5.41) is 0. The van der Waals surface area contributed by atoms with Gasteiger partial charge in [0.15, 0.2) is 0 Å². The number of ether oxygens (including phenoxy) is 2. The van der Waals surface area contributed by atoms with E-state index >= 15 is 0 Å². The number of rotatable bonds is 4. The van der Waals surface area contributed by atoms with Gasteiger partial charge in [-0.3, -0.25) is 0 Å². The molecule has 0 amide bonds. The molecular formula is C16H13BrO4. The Morgan fingerprint density at radius 3 is 2.19 bits per heavy atom. The Morgan fingerprint density at radius 2 is 1.62 bits per heavy atom. The van der Waals surface area contributed by atoms with E-state index in [0.717, 1.165) is 4.47 Å². The molecule has 0 saturated carbocycles. The van der Waals surface area contributed by atoms with Crippen LogP contribution in [0.5, 0.6) is 0 Å². The van der Waals surface area contributed by atoms with Crippen LogP contribution >= 0.6 is 15.9 Å². The van der Waals surface area contributed by atoms with Crippen molar-refractivity contribution in [2.75, 3.05) is 7.11 Å². The number of esters is 2. The molecule has 2 aromatic carbocycles. The monoisotopic (exact) mass is 348 g/mol. The number of halogens is 1. The predicted molar refractivity (Wildman–Crippen MR) is 80.8 cm³/mol. The number of carbonyl (C=O) groups is 2. The van der Waals surface area contributed by atoms with E-state index in [2.05, 4.69) is 15.9 Å². The Kier molecular flexibility index (Phi) is 5.11. The van der Waals surface area contributed by atoms with Crippen LogP contribution in [0.15, 0.2) is 59.1 Å². The van der Waals surface area contributed by atoms with Gasteiger partial charge in [0.2, 0.25) is 6.10 Å². The lowest BCUT2D eigenvalue weighted by Crippen LogP contribution is -2.21. The third kappa shape index (κ3) is 3.92. The minimum absolute atomic E-state index is 0.364. The minimum Gasteiger partial charge on any atom is -0.466 e. The number of methoxy groups -OCH3 is 1. The molecule has 0 heterocycles. The molecule has 0 fully saturated rings. The van der Waals surface area contributed by atoms with Crippen LogP contribution in [0.1, 0.15) is 22.0 Å². The fourth-order valence-corrected chi connectivity index (χ4v) is 2.01. The second-order valence-corrected chi connectivity index (χ2v) is 5.14. The van der Waals surface area contributed by atoms with Gasteiger partial charge in [-0.05, 0) is 24.3 Å². The van der Waals surface area contributed by atoms with Crippen molar-refractivity contribution in [1.29, 1.82) is 0 Å². The average Bonchev–Trinajstić information content (AvgIpc) is 2.53. The summed E-state index contributed by atoms with van der Waals surface area (Å²) < 4.78 is 10.8. The molecule has 2 rings (SSSR count). The summed E-state index contributed by atoms with van der Waals surface area (Å²) in [6, 6.07) is 15.4. The predicted octanol–water partition coefficient (Wildman–Crippen LogP) is 3.52. The lowest BCUT2D eigenvalue weighted by Gasteiger charge is -2.16. The van der Waals surface area contributed by atoms with Crippen molar-refractivity contribution >= 4 is 27.9 Å². The van der Waals surface area contributed by atoms with Gasteiger partial charge >= 0.3 is 11.9 Å². The summed E-state index contributed by atoms with van der Waals surface area (Å²) in [6.07, 6.45) is -1.08. The van der Waals surface area contributed by atoms with E-state index in [1.54, 1.807) is 48.5 Å². The van der Waals surface area contributed by atoms with Crippen molar-refractivity contribution in [2.45, 2.75) is 6.10 Å². The highest BCUT2D eigenvalue weighted by molar-refractivity contribution is 9.10. The van der Waals surface area contributed by atoms with Gasteiger partial charge in [0, 0.05) is 10.0 Å². The van der Waals surface area contributed by atoms with E-state index in [1.807, 2.05) is 6.07 Å². The Bertz CT molecular complexity index is 622. The van der Waals surface area contributed by atoms with Crippen molar-refractivity contribution in [2.24, 2.45) is 0 Å². The first-order valence-corrected chi connectivity index (χ1v) is 7.00. The first kappa shape index (κ1) is 15.3. The fourth-order valence-electron chi connectivity index (χ4n) is 1.75. The highest BCUT2D eigenvalue weighted by atomic mass is 79.9. The fraction of sp³-hybridized carbons (Fsp3) is 0.125. The van der Waals surface area contributed by atoms with Crippen molar-refractivity contribution < 1.29 is 19.1 Å². The maximum atomic E-state index is 12.1. The zero-order chi connectivity index (χ0) is 15.2. The number of carbonyl (C=O) groups excluding carboxylic acids is 2. The lowest BCUT2D eigenvalue weighted by molar-refractivity contribution is -0.151. The smallest absolute Gasteiger partial charge is 0.351 e. The molecule has 0 saturated heterocycles. The molecule has 0 aromatic heterocycles. The van der Waals surface area contributed by atoms with E-state index in [9.17, 15) is 9.59 Å². The maximum Gasteiger partial charge on any atom is 0.351 e. The third-order valence-corrected chi connectivity index (χ3v) is 3.35. The number of hydrogen-bond acceptors (Lipinski definition) is 4. The molecule has 21 heavy (non-hydrogen) atoms. The second-order valence-electron chi connectivity index (χ2n) is 4.23. The van der Waals surface area contributed by atoms with Gasteiger partial charge in [0.1, 0.15) is 0 Å². The summed E-state index contributed by atoms with van der Waals surface area (Å²) in [5.74, 6) is -1.20. The van der Waals surface area contributed by atoms with Crippen molar-refractivity contribution in [3.8, 4) is 0 Å². The molecule has 0 radical (unpaired) electrons. The number of hydrogen-bond donors (Lipinski definition) is 0. The molecule has 2 aromatic rings. The molecule has 108 valence electrons. The molecule has 0 aliphatic rings. The Labute approximate surface area is 130 Å². The van der Waals surface area contributed by atoms with Gasteiger partial charge in [0.05, 0.1) is 12.7 Å². The Morgan fingerprint density at radius 1 is 1.00 bits per heavy atom. The average molecular weight is 349 g/mol. The van der Waals surface area contributed by atoms with E-state index in [0.29, 0.717) is 11.1 Å². The zero-order valence-corrected chi connectivity index (χ0v) is 12.9. The molecule has 4 nitrogen and oxygen atoms in total. The normalized spacial score (nSPS) is 11.5. The molecule has 5 heteroatoms. The third-order valence-electron chi connectivity index (χ3n) is 2.82. The van der Waals surface area contributed by atoms with E-state index in [1.165, 1.54) is 7.11 Å². The van der Waals surface area contributed by atoms with Crippen LogP contribution in [0, 0.1) is 0 Å². The van der Waals surface area contributed by atoms with Crippen LogP contribution in [0.4, 0.5) is 0 Å². The highest BCUT2D eigenvalue weighted by Gasteiger charge is 2.26. The standard InChI is InChI=1S/C16H13BrO4/c1-20-16(19)14(11-5-3-2-4-6-11)21-15(18)12-7-9-13(17)10-8-12/h2-10,14H,1H3. The van der Waals surface area contributed by atoms with Gasteiger partial charge in [-0.1, -0.05) is 46.3 Å². The topological polar surface area (TPSA) is 52.6 Å². The Hall–Kier alpha value is -2.14. The van der Waals surface area contributed by atoms with Crippen molar-refractivity contribution in [3.05, 3.63) is 70.2 Å². The van der Waals surface area contributed by atoms with Gasteiger partial charge in [0.25, 0.3) is 0 Å². The van der Waals surface area contributed by atoms with Crippen LogP contribution in [0.2, 0.25) is 0 Å². The summed E-state index contributed by atoms with van der Waals surface area (Å²) in [6.45, 7) is 0. The Balaban J connectivity index is 2.21. The van der Waals surface area contributed by atoms with Gasteiger partial charge in [-0.15, -0.1) is 0 Å². The highest BCUT2D eigenvalue weighted by Crippen LogP contribution is 2.21. The number of benzene rings is 2. The summed E-state index contributed by atoms with van der Waals surface area (Å²) in [4.78, 5) is 23.9.